The third kappa shape index (κ3) is 6.17. The Balaban J connectivity index is 0.00000323. The Hall–Kier alpha value is -2.99. The predicted octanol–water partition coefficient (Wildman–Crippen LogP) is 7.73. The number of ether oxygens (including phenoxy) is 2. The Morgan fingerprint density at radius 2 is 1.50 bits per heavy atom. The molecule has 0 N–H and O–H groups in total. The van der Waals surface area contributed by atoms with Crippen molar-refractivity contribution in [2.24, 2.45) is 0 Å². The van der Waals surface area contributed by atoms with Gasteiger partial charge in [-0.3, -0.25) is 9.80 Å². The van der Waals surface area contributed by atoms with Gasteiger partial charge < -0.3 is 14.0 Å². The Kier molecular flexibility index (Phi) is 9.36. The van der Waals surface area contributed by atoms with E-state index in [-0.39, 0.29) is 7.43 Å². The molecule has 0 amide bonds. The molecule has 0 unspecified atom stereocenters. The minimum atomic E-state index is 0. The lowest BCUT2D eigenvalue weighted by Crippen LogP contribution is -2.25. The summed E-state index contributed by atoms with van der Waals surface area (Å²) in [5.74, 6) is 1.86. The van der Waals surface area contributed by atoms with Gasteiger partial charge in [0.25, 0.3) is 0 Å². The number of fused-ring (bicyclic) bond motifs is 1. The largest absolute Gasteiger partial charge is 0.496 e. The Morgan fingerprint density at radius 1 is 0.800 bits per heavy atom. The summed E-state index contributed by atoms with van der Waals surface area (Å²) < 4.78 is 14.2. The van der Waals surface area contributed by atoms with Gasteiger partial charge in [-0.2, -0.15) is 0 Å². The zero-order chi connectivity index (χ0) is 26.6. The fourth-order valence-electron chi connectivity index (χ4n) is 6.10. The lowest BCUT2D eigenvalue weighted by Gasteiger charge is -2.18. The SMILES string of the molecule is C.COc1cc(Cn2c(-c3ccc(OCCN4CCCC4)cc3)c(Cl)c3ccccc32)ccc1CN1CCCC1. The summed E-state index contributed by atoms with van der Waals surface area (Å²) in [5, 5.41) is 1.85. The first kappa shape index (κ1) is 28.5. The predicted molar refractivity (Wildman–Crippen MR) is 167 cm³/mol. The summed E-state index contributed by atoms with van der Waals surface area (Å²) in [6, 6.07) is 23.4. The molecular weight excluding hydrogens is 518 g/mol. The highest BCUT2D eigenvalue weighted by molar-refractivity contribution is 6.38. The van der Waals surface area contributed by atoms with Crippen LogP contribution in [0.25, 0.3) is 22.2 Å². The Bertz CT molecular complexity index is 1400. The van der Waals surface area contributed by atoms with Gasteiger partial charge in [-0.05, 0) is 99.4 Å². The van der Waals surface area contributed by atoms with Crippen LogP contribution in [-0.4, -0.2) is 60.8 Å². The van der Waals surface area contributed by atoms with Crippen molar-refractivity contribution in [3.63, 3.8) is 0 Å². The average Bonchev–Trinajstić information content (AvgIpc) is 3.73. The second-order valence-electron chi connectivity index (χ2n) is 10.8. The van der Waals surface area contributed by atoms with Crippen LogP contribution in [0.3, 0.4) is 0 Å². The van der Waals surface area contributed by atoms with E-state index in [4.69, 9.17) is 21.1 Å². The molecular formula is C34H42ClN3O2. The smallest absolute Gasteiger partial charge is 0.123 e. The van der Waals surface area contributed by atoms with Gasteiger partial charge in [0.05, 0.1) is 23.3 Å². The van der Waals surface area contributed by atoms with Crippen LogP contribution in [0.15, 0.2) is 66.7 Å². The first-order chi connectivity index (χ1) is 19.2. The maximum atomic E-state index is 7.05. The number of likely N-dealkylation sites (tertiary alicyclic amines) is 2. The molecule has 0 saturated carbocycles. The van der Waals surface area contributed by atoms with Crippen molar-refractivity contribution >= 4 is 22.5 Å². The van der Waals surface area contributed by atoms with Crippen molar-refractivity contribution < 1.29 is 9.47 Å². The summed E-state index contributed by atoms with van der Waals surface area (Å²) in [5.41, 5.74) is 5.68. The van der Waals surface area contributed by atoms with E-state index in [9.17, 15) is 0 Å². The topological polar surface area (TPSA) is 29.9 Å². The van der Waals surface area contributed by atoms with E-state index in [0.29, 0.717) is 6.54 Å². The number of hydrogen-bond donors (Lipinski definition) is 0. The molecule has 1 aromatic heterocycles. The standard InChI is InChI=1S/C33H38ClN3O2.CH4/c1-38-31-22-25(10-11-27(31)24-36-18-6-7-19-36)23-37-30-9-3-2-8-29(30)32(34)33(37)26-12-14-28(15-13-26)39-21-20-35-16-4-5-17-35;/h2-3,8-15,22H,4-7,16-21,23-24H2,1H3;1H4. The fourth-order valence-corrected chi connectivity index (χ4v) is 6.47. The molecule has 40 heavy (non-hydrogen) atoms. The zero-order valence-corrected chi connectivity index (χ0v) is 23.6. The molecule has 3 aromatic carbocycles. The van der Waals surface area contributed by atoms with E-state index in [0.717, 1.165) is 58.4 Å². The molecule has 212 valence electrons. The van der Waals surface area contributed by atoms with Crippen molar-refractivity contribution in [1.82, 2.24) is 14.4 Å². The summed E-state index contributed by atoms with van der Waals surface area (Å²) in [6.45, 7) is 8.08. The highest BCUT2D eigenvalue weighted by Crippen LogP contribution is 2.39. The second kappa shape index (κ2) is 13.1. The molecule has 0 radical (unpaired) electrons. The van der Waals surface area contributed by atoms with Crippen LogP contribution < -0.4 is 9.47 Å². The highest BCUT2D eigenvalue weighted by Gasteiger charge is 2.19. The van der Waals surface area contributed by atoms with Crippen molar-refractivity contribution in [2.45, 2.75) is 46.2 Å². The maximum absolute atomic E-state index is 7.05. The number of methoxy groups -OCH3 is 1. The van der Waals surface area contributed by atoms with Crippen LogP contribution in [-0.2, 0) is 13.1 Å². The number of hydrogen-bond acceptors (Lipinski definition) is 4. The van der Waals surface area contributed by atoms with Gasteiger partial charge in [-0.25, -0.2) is 0 Å². The van der Waals surface area contributed by atoms with Crippen LogP contribution in [0.4, 0.5) is 0 Å². The normalized spacial score (nSPS) is 15.9. The Morgan fingerprint density at radius 3 is 2.23 bits per heavy atom. The van der Waals surface area contributed by atoms with Gasteiger partial charge >= 0.3 is 0 Å². The van der Waals surface area contributed by atoms with Gasteiger partial charge in [-0.15, -0.1) is 0 Å². The number of benzene rings is 3. The number of nitrogens with zero attached hydrogens (tertiary/aromatic N) is 3. The Labute approximate surface area is 244 Å². The first-order valence-corrected chi connectivity index (χ1v) is 14.7. The lowest BCUT2D eigenvalue weighted by molar-refractivity contribution is 0.238. The minimum absolute atomic E-state index is 0. The first-order valence-electron chi connectivity index (χ1n) is 14.3. The number of para-hydroxylation sites is 1. The highest BCUT2D eigenvalue weighted by atomic mass is 35.5. The molecule has 2 fully saturated rings. The molecule has 4 aromatic rings. The molecule has 2 saturated heterocycles. The van der Waals surface area contributed by atoms with Gasteiger partial charge in [0.2, 0.25) is 0 Å². The number of halogens is 1. The molecule has 2 aliphatic rings. The second-order valence-corrected chi connectivity index (χ2v) is 11.2. The van der Waals surface area contributed by atoms with Crippen molar-refractivity contribution in [1.29, 1.82) is 0 Å². The molecule has 3 heterocycles. The molecule has 6 heteroatoms. The summed E-state index contributed by atoms with van der Waals surface area (Å²) in [7, 11) is 1.77. The third-order valence-electron chi connectivity index (χ3n) is 8.20. The van der Waals surface area contributed by atoms with E-state index in [1.165, 1.54) is 63.0 Å². The van der Waals surface area contributed by atoms with Crippen molar-refractivity contribution in [3.8, 4) is 22.8 Å². The summed E-state index contributed by atoms with van der Waals surface area (Å²) >= 11 is 7.05. The zero-order valence-electron chi connectivity index (χ0n) is 22.9. The van der Waals surface area contributed by atoms with Crippen molar-refractivity contribution in [2.75, 3.05) is 46.4 Å². The minimum Gasteiger partial charge on any atom is -0.496 e. The summed E-state index contributed by atoms with van der Waals surface area (Å²) in [4.78, 5) is 4.98. The van der Waals surface area contributed by atoms with Crippen molar-refractivity contribution in [3.05, 3.63) is 82.9 Å². The molecule has 0 bridgehead atoms. The third-order valence-corrected chi connectivity index (χ3v) is 8.58. The molecule has 6 rings (SSSR count). The van der Waals surface area contributed by atoms with Crippen LogP contribution in [0.1, 0.15) is 44.2 Å². The van der Waals surface area contributed by atoms with Crippen LogP contribution in [0.5, 0.6) is 11.5 Å². The van der Waals surface area contributed by atoms with E-state index in [1.54, 1.807) is 7.11 Å². The fraction of sp³-hybridized carbons (Fsp3) is 0.412. The maximum Gasteiger partial charge on any atom is 0.123 e. The quantitative estimate of drug-likeness (QED) is 0.199. The number of rotatable bonds is 10. The monoisotopic (exact) mass is 559 g/mol. The van der Waals surface area contributed by atoms with E-state index >= 15 is 0 Å². The lowest BCUT2D eigenvalue weighted by atomic mass is 10.1. The molecule has 2 aliphatic heterocycles. The van der Waals surface area contributed by atoms with E-state index in [2.05, 4.69) is 81.1 Å². The molecule has 0 atom stereocenters. The molecule has 5 nitrogen and oxygen atoms in total. The van der Waals surface area contributed by atoms with Crippen LogP contribution in [0, 0.1) is 0 Å². The number of aromatic nitrogens is 1. The van der Waals surface area contributed by atoms with Crippen LogP contribution in [0.2, 0.25) is 5.02 Å². The summed E-state index contributed by atoms with van der Waals surface area (Å²) in [6.07, 6.45) is 5.19. The van der Waals surface area contributed by atoms with Crippen LogP contribution >= 0.6 is 11.6 Å². The van der Waals surface area contributed by atoms with Gasteiger partial charge in [0.1, 0.15) is 18.1 Å². The van der Waals surface area contributed by atoms with Gasteiger partial charge in [0.15, 0.2) is 0 Å². The molecule has 0 spiro atoms. The molecule has 0 aliphatic carbocycles. The van der Waals surface area contributed by atoms with Gasteiger partial charge in [0, 0.05) is 30.6 Å². The average molecular weight is 560 g/mol. The van der Waals surface area contributed by atoms with E-state index in [1.807, 2.05) is 0 Å². The van der Waals surface area contributed by atoms with Gasteiger partial charge in [-0.1, -0.05) is 49.4 Å². The van der Waals surface area contributed by atoms with E-state index < -0.39 is 0 Å².